The van der Waals surface area contributed by atoms with Crippen molar-refractivity contribution in [3.63, 3.8) is 0 Å². The van der Waals surface area contributed by atoms with Gasteiger partial charge in [0.25, 0.3) is 0 Å². The van der Waals surface area contributed by atoms with Crippen LogP contribution in [-0.4, -0.2) is 62.5 Å². The van der Waals surface area contributed by atoms with Crippen molar-refractivity contribution >= 4 is 5.91 Å². The molecule has 0 spiro atoms. The van der Waals surface area contributed by atoms with E-state index in [2.05, 4.69) is 13.8 Å². The maximum absolute atomic E-state index is 12.1. The first-order valence-electron chi connectivity index (χ1n) is 19.6. The molecule has 0 aliphatic carbocycles. The van der Waals surface area contributed by atoms with E-state index in [-0.39, 0.29) is 12.5 Å². The summed E-state index contributed by atoms with van der Waals surface area (Å²) in [7, 11) is 1.67. The SMILES string of the molecule is CCCCCCCCCCCCCCCCN(CCCCCCCCCCCCCCCC)C(=O)CO.CCOCCOC. The summed E-state index contributed by atoms with van der Waals surface area (Å²) >= 11 is 0. The highest BCUT2D eigenvalue weighted by Crippen LogP contribution is 2.15. The Morgan fingerprint density at radius 2 is 0.773 bits per heavy atom. The zero-order chi connectivity index (χ0) is 32.6. The molecule has 5 heteroatoms. The first-order valence-corrected chi connectivity index (χ1v) is 19.6. The topological polar surface area (TPSA) is 59.0 Å². The molecule has 44 heavy (non-hydrogen) atoms. The number of carbonyl (C=O) groups is 1. The third kappa shape index (κ3) is 39.4. The molecule has 0 radical (unpaired) electrons. The average Bonchev–Trinajstić information content (AvgIpc) is 3.04. The van der Waals surface area contributed by atoms with Gasteiger partial charge < -0.3 is 19.5 Å². The zero-order valence-electron chi connectivity index (χ0n) is 30.7. The van der Waals surface area contributed by atoms with Crippen molar-refractivity contribution in [2.45, 2.75) is 201 Å². The fraction of sp³-hybridized carbons (Fsp3) is 0.974. The van der Waals surface area contributed by atoms with Gasteiger partial charge in [-0.2, -0.15) is 0 Å². The van der Waals surface area contributed by atoms with E-state index in [0.29, 0.717) is 13.2 Å². The number of aliphatic hydroxyl groups is 1. The van der Waals surface area contributed by atoms with Crippen molar-refractivity contribution in [3.8, 4) is 0 Å². The van der Waals surface area contributed by atoms with Gasteiger partial charge in [0.05, 0.1) is 13.2 Å². The van der Waals surface area contributed by atoms with Gasteiger partial charge in [0.2, 0.25) is 5.91 Å². The van der Waals surface area contributed by atoms with Gasteiger partial charge in [-0.1, -0.05) is 181 Å². The molecule has 1 N–H and O–H groups in total. The Morgan fingerprint density at radius 3 is 1.02 bits per heavy atom. The summed E-state index contributed by atoms with van der Waals surface area (Å²) < 4.78 is 9.67. The Hall–Kier alpha value is -0.650. The lowest BCUT2D eigenvalue weighted by Crippen LogP contribution is -2.35. The predicted molar refractivity (Wildman–Crippen MR) is 193 cm³/mol. The third-order valence-corrected chi connectivity index (χ3v) is 8.69. The Bertz CT molecular complexity index is 480. The minimum absolute atomic E-state index is 0.0793. The molecule has 0 atom stereocenters. The van der Waals surface area contributed by atoms with Crippen LogP contribution in [0.25, 0.3) is 0 Å². The summed E-state index contributed by atoms with van der Waals surface area (Å²) in [6.07, 6.45) is 38.0. The fourth-order valence-corrected chi connectivity index (χ4v) is 5.74. The normalized spacial score (nSPS) is 11.0. The third-order valence-electron chi connectivity index (χ3n) is 8.69. The van der Waals surface area contributed by atoms with Crippen LogP contribution in [0.4, 0.5) is 0 Å². The molecule has 0 aromatic heterocycles. The molecule has 0 fully saturated rings. The molecule has 1 amide bonds. The molecule has 0 aromatic rings. The van der Waals surface area contributed by atoms with Crippen LogP contribution >= 0.6 is 0 Å². The number of rotatable bonds is 35. The van der Waals surface area contributed by atoms with E-state index in [0.717, 1.165) is 32.5 Å². The van der Waals surface area contributed by atoms with E-state index >= 15 is 0 Å². The molecule has 0 aliphatic heterocycles. The lowest BCUT2D eigenvalue weighted by Gasteiger charge is -2.22. The van der Waals surface area contributed by atoms with Gasteiger partial charge >= 0.3 is 0 Å². The summed E-state index contributed by atoms with van der Waals surface area (Å²) in [5.41, 5.74) is 0. The number of aliphatic hydroxyl groups excluding tert-OH is 1. The number of methoxy groups -OCH3 is 1. The molecule has 0 unspecified atom stereocenters. The smallest absolute Gasteiger partial charge is 0.248 e. The fourth-order valence-electron chi connectivity index (χ4n) is 5.74. The molecule has 0 aliphatic rings. The second-order valence-electron chi connectivity index (χ2n) is 12.9. The summed E-state index contributed by atoms with van der Waals surface area (Å²) in [6.45, 7) is 10.1. The maximum Gasteiger partial charge on any atom is 0.248 e. The van der Waals surface area contributed by atoms with E-state index < -0.39 is 0 Å². The van der Waals surface area contributed by atoms with Crippen LogP contribution in [0, 0.1) is 0 Å². The molecule has 0 rings (SSSR count). The Morgan fingerprint density at radius 1 is 0.477 bits per heavy atom. The number of hydrogen-bond donors (Lipinski definition) is 1. The highest BCUT2D eigenvalue weighted by molar-refractivity contribution is 5.77. The number of ether oxygens (including phenoxy) is 2. The van der Waals surface area contributed by atoms with Crippen LogP contribution in [0.5, 0.6) is 0 Å². The summed E-state index contributed by atoms with van der Waals surface area (Å²) in [5, 5.41) is 9.34. The second kappa shape index (κ2) is 42.3. The lowest BCUT2D eigenvalue weighted by molar-refractivity contribution is -0.134. The number of unbranched alkanes of at least 4 members (excludes halogenated alkanes) is 26. The van der Waals surface area contributed by atoms with Crippen molar-refractivity contribution < 1.29 is 19.4 Å². The molecule has 0 saturated heterocycles. The van der Waals surface area contributed by atoms with Crippen molar-refractivity contribution in [3.05, 3.63) is 0 Å². The van der Waals surface area contributed by atoms with Gasteiger partial charge in [-0.05, 0) is 19.8 Å². The molecule has 0 aromatic carbocycles. The summed E-state index contributed by atoms with van der Waals surface area (Å²) in [5.74, 6) is -0.0793. The van der Waals surface area contributed by atoms with Gasteiger partial charge in [-0.3, -0.25) is 4.79 Å². The van der Waals surface area contributed by atoms with Crippen LogP contribution in [0.3, 0.4) is 0 Å². The minimum atomic E-state index is -0.336. The van der Waals surface area contributed by atoms with Crippen LogP contribution in [0.2, 0.25) is 0 Å². The minimum Gasteiger partial charge on any atom is -0.387 e. The van der Waals surface area contributed by atoms with E-state index in [1.165, 1.54) is 167 Å². The van der Waals surface area contributed by atoms with Gasteiger partial charge in [0.1, 0.15) is 6.61 Å². The molecule has 0 bridgehead atoms. The average molecular weight is 628 g/mol. The highest BCUT2D eigenvalue weighted by atomic mass is 16.5. The molecular weight excluding hydrogens is 546 g/mol. The van der Waals surface area contributed by atoms with Crippen molar-refractivity contribution in [1.82, 2.24) is 4.90 Å². The lowest BCUT2D eigenvalue weighted by atomic mass is 10.0. The van der Waals surface area contributed by atoms with Gasteiger partial charge in [-0.15, -0.1) is 0 Å². The number of amides is 1. The molecule has 0 heterocycles. The first-order chi connectivity index (χ1) is 21.7. The van der Waals surface area contributed by atoms with Gasteiger partial charge in [-0.25, -0.2) is 0 Å². The zero-order valence-corrected chi connectivity index (χ0v) is 30.7. The van der Waals surface area contributed by atoms with E-state index in [4.69, 9.17) is 9.47 Å². The Kier molecular flexibility index (Phi) is 43.8. The Balaban J connectivity index is 0. The monoisotopic (exact) mass is 628 g/mol. The second-order valence-corrected chi connectivity index (χ2v) is 12.9. The van der Waals surface area contributed by atoms with Crippen LogP contribution in [0.1, 0.15) is 201 Å². The van der Waals surface area contributed by atoms with Crippen molar-refractivity contribution in [2.24, 2.45) is 0 Å². The van der Waals surface area contributed by atoms with E-state index in [9.17, 15) is 9.90 Å². The number of carbonyl (C=O) groups excluding carboxylic acids is 1. The summed E-state index contributed by atoms with van der Waals surface area (Å²) in [6, 6.07) is 0. The quantitative estimate of drug-likeness (QED) is 0.0710. The van der Waals surface area contributed by atoms with E-state index in [1.807, 2.05) is 11.8 Å². The van der Waals surface area contributed by atoms with Crippen molar-refractivity contribution in [1.29, 1.82) is 0 Å². The first kappa shape index (κ1) is 45.5. The van der Waals surface area contributed by atoms with Gasteiger partial charge in [0, 0.05) is 26.8 Å². The molecular formula is C39H81NO4. The van der Waals surface area contributed by atoms with Crippen LogP contribution in [-0.2, 0) is 14.3 Å². The summed E-state index contributed by atoms with van der Waals surface area (Å²) in [4.78, 5) is 14.0. The van der Waals surface area contributed by atoms with E-state index in [1.54, 1.807) is 7.11 Å². The van der Waals surface area contributed by atoms with Crippen LogP contribution in [0.15, 0.2) is 0 Å². The molecule has 0 saturated carbocycles. The van der Waals surface area contributed by atoms with Gasteiger partial charge in [0.15, 0.2) is 0 Å². The van der Waals surface area contributed by atoms with Crippen LogP contribution < -0.4 is 0 Å². The maximum atomic E-state index is 12.1. The van der Waals surface area contributed by atoms with Crippen molar-refractivity contribution in [2.75, 3.05) is 46.6 Å². The number of hydrogen-bond acceptors (Lipinski definition) is 4. The molecule has 266 valence electrons. The molecule has 5 nitrogen and oxygen atoms in total. The Labute approximate surface area is 277 Å². The highest BCUT2D eigenvalue weighted by Gasteiger charge is 2.11. The predicted octanol–water partition coefficient (Wildman–Crippen LogP) is 11.4. The largest absolute Gasteiger partial charge is 0.387 e. The standard InChI is InChI=1S/C34H69NO2.C5H12O2/c1-3-5-7-9-11-13-15-17-19-21-23-25-27-29-31-35(34(37)33-36)32-30-28-26-24-22-20-18-16-14-12-10-8-6-4-2;1-3-7-5-4-6-2/h36H,3-33H2,1-2H3;3-5H2,1-2H3. The number of nitrogens with zero attached hydrogens (tertiary/aromatic N) is 1.